The Labute approximate surface area is 156 Å². The lowest BCUT2D eigenvalue weighted by Crippen LogP contribution is -2.11. The van der Waals surface area contributed by atoms with Gasteiger partial charge in [-0.15, -0.1) is 0 Å². The standard InChI is InChI=1S/C19H18Cl2N2O2/c1-2-25-19(24)9-13-8-16(12-6-4-3-5-7-12)23-18-11-15(21)14(20)10-17(18)22-13/h3-7,9-11,16,22-23H,2,8H2,1H3/b13-9-. The van der Waals surface area contributed by atoms with Gasteiger partial charge in [-0.1, -0.05) is 53.5 Å². The summed E-state index contributed by atoms with van der Waals surface area (Å²) in [5.74, 6) is -0.375. The van der Waals surface area contributed by atoms with Crippen LogP contribution < -0.4 is 10.6 Å². The first-order chi connectivity index (χ1) is 12.1. The Hall–Kier alpha value is -2.17. The van der Waals surface area contributed by atoms with Gasteiger partial charge in [-0.3, -0.25) is 0 Å². The number of carbonyl (C=O) groups excluding carboxylic acids is 1. The zero-order valence-electron chi connectivity index (χ0n) is 13.7. The Balaban J connectivity index is 2.01. The Morgan fingerprint density at radius 1 is 1.20 bits per heavy atom. The van der Waals surface area contributed by atoms with E-state index in [9.17, 15) is 4.79 Å². The summed E-state index contributed by atoms with van der Waals surface area (Å²) in [7, 11) is 0. The molecule has 1 aliphatic heterocycles. The molecule has 25 heavy (non-hydrogen) atoms. The van der Waals surface area contributed by atoms with Gasteiger partial charge in [0.15, 0.2) is 0 Å². The molecule has 2 aromatic rings. The third kappa shape index (κ3) is 4.27. The van der Waals surface area contributed by atoms with Crippen LogP contribution in [0.4, 0.5) is 11.4 Å². The van der Waals surface area contributed by atoms with Crippen molar-refractivity contribution in [2.24, 2.45) is 0 Å². The van der Waals surface area contributed by atoms with Gasteiger partial charge in [0, 0.05) is 18.2 Å². The van der Waals surface area contributed by atoms with E-state index in [0.717, 1.165) is 22.6 Å². The summed E-state index contributed by atoms with van der Waals surface area (Å²) >= 11 is 12.3. The van der Waals surface area contributed by atoms with E-state index in [1.165, 1.54) is 6.08 Å². The van der Waals surface area contributed by atoms with Crippen LogP contribution in [0.1, 0.15) is 24.9 Å². The largest absolute Gasteiger partial charge is 0.463 e. The maximum atomic E-state index is 11.9. The highest BCUT2D eigenvalue weighted by Crippen LogP contribution is 2.39. The lowest BCUT2D eigenvalue weighted by atomic mass is 10.0. The number of rotatable bonds is 3. The molecule has 1 unspecified atom stereocenters. The van der Waals surface area contributed by atoms with E-state index >= 15 is 0 Å². The zero-order valence-corrected chi connectivity index (χ0v) is 15.2. The van der Waals surface area contributed by atoms with Gasteiger partial charge in [0.05, 0.1) is 34.1 Å². The van der Waals surface area contributed by atoms with Gasteiger partial charge in [0.2, 0.25) is 0 Å². The molecular weight excluding hydrogens is 359 g/mol. The molecule has 0 saturated carbocycles. The highest BCUT2D eigenvalue weighted by molar-refractivity contribution is 6.42. The summed E-state index contributed by atoms with van der Waals surface area (Å²) in [6.07, 6.45) is 2.07. The molecule has 0 aromatic heterocycles. The molecular formula is C19H18Cl2N2O2. The fourth-order valence-corrected chi connectivity index (χ4v) is 3.09. The molecule has 3 rings (SSSR count). The number of esters is 1. The Morgan fingerprint density at radius 2 is 1.88 bits per heavy atom. The number of carbonyl (C=O) groups is 1. The van der Waals surface area contributed by atoms with Crippen LogP contribution in [0.2, 0.25) is 10.0 Å². The van der Waals surface area contributed by atoms with Gasteiger partial charge < -0.3 is 15.4 Å². The fraction of sp³-hybridized carbons (Fsp3) is 0.211. The van der Waals surface area contributed by atoms with E-state index in [-0.39, 0.29) is 12.0 Å². The molecule has 2 aromatic carbocycles. The van der Waals surface area contributed by atoms with E-state index in [1.807, 2.05) is 30.3 Å². The van der Waals surface area contributed by atoms with E-state index < -0.39 is 0 Å². The summed E-state index contributed by atoms with van der Waals surface area (Å²) in [5.41, 5.74) is 3.45. The van der Waals surface area contributed by atoms with Crippen molar-refractivity contribution in [1.29, 1.82) is 0 Å². The summed E-state index contributed by atoms with van der Waals surface area (Å²) in [4.78, 5) is 11.9. The predicted molar refractivity (Wildman–Crippen MR) is 102 cm³/mol. The minimum absolute atomic E-state index is 0.0205. The minimum Gasteiger partial charge on any atom is -0.463 e. The first-order valence-corrected chi connectivity index (χ1v) is 8.77. The van der Waals surface area contributed by atoms with E-state index in [4.69, 9.17) is 27.9 Å². The summed E-state index contributed by atoms with van der Waals surface area (Å²) in [6.45, 7) is 2.11. The van der Waals surface area contributed by atoms with E-state index in [0.29, 0.717) is 23.1 Å². The number of fused-ring (bicyclic) bond motifs is 1. The molecule has 0 aliphatic carbocycles. The van der Waals surface area contributed by atoms with Gasteiger partial charge in [-0.2, -0.15) is 0 Å². The molecule has 1 atom stereocenters. The molecule has 6 heteroatoms. The number of hydrogen-bond donors (Lipinski definition) is 2. The summed E-state index contributed by atoms with van der Waals surface area (Å²) in [5, 5.41) is 7.67. The van der Waals surface area contributed by atoms with E-state index in [1.54, 1.807) is 19.1 Å². The normalized spacial score (nSPS) is 17.9. The second-order valence-electron chi connectivity index (χ2n) is 5.67. The molecule has 0 radical (unpaired) electrons. The molecule has 0 saturated heterocycles. The maximum Gasteiger partial charge on any atom is 0.332 e. The minimum atomic E-state index is -0.375. The number of hydrogen-bond acceptors (Lipinski definition) is 4. The van der Waals surface area contributed by atoms with Crippen molar-refractivity contribution in [2.75, 3.05) is 17.2 Å². The topological polar surface area (TPSA) is 50.4 Å². The van der Waals surface area contributed by atoms with Crippen LogP contribution in [-0.4, -0.2) is 12.6 Å². The molecule has 2 N–H and O–H groups in total. The van der Waals surface area contributed by atoms with Crippen molar-refractivity contribution in [3.63, 3.8) is 0 Å². The van der Waals surface area contributed by atoms with Crippen molar-refractivity contribution in [2.45, 2.75) is 19.4 Å². The highest BCUT2D eigenvalue weighted by Gasteiger charge is 2.22. The second kappa shape index (κ2) is 7.81. The van der Waals surface area contributed by atoms with Crippen molar-refractivity contribution < 1.29 is 9.53 Å². The van der Waals surface area contributed by atoms with Gasteiger partial charge >= 0.3 is 5.97 Å². The summed E-state index contributed by atoms with van der Waals surface area (Å²) in [6, 6.07) is 13.5. The Morgan fingerprint density at radius 3 is 2.56 bits per heavy atom. The SMILES string of the molecule is CCOC(=O)/C=C1/CC(c2ccccc2)Nc2cc(Cl)c(Cl)cc2N1. The highest BCUT2D eigenvalue weighted by atomic mass is 35.5. The van der Waals surface area contributed by atoms with Crippen LogP contribution in [0.25, 0.3) is 0 Å². The van der Waals surface area contributed by atoms with Crippen molar-refractivity contribution in [1.82, 2.24) is 0 Å². The monoisotopic (exact) mass is 376 g/mol. The number of ether oxygens (including phenoxy) is 1. The fourth-order valence-electron chi connectivity index (χ4n) is 2.76. The lowest BCUT2D eigenvalue weighted by Gasteiger charge is -2.18. The van der Waals surface area contributed by atoms with Crippen LogP contribution in [-0.2, 0) is 9.53 Å². The quantitative estimate of drug-likeness (QED) is 0.555. The van der Waals surface area contributed by atoms with Gasteiger partial charge in [0.25, 0.3) is 0 Å². The predicted octanol–water partition coefficient (Wildman–Crippen LogP) is 5.41. The maximum absolute atomic E-state index is 11.9. The summed E-state index contributed by atoms with van der Waals surface area (Å²) < 4.78 is 5.03. The van der Waals surface area contributed by atoms with Gasteiger partial charge in [0.1, 0.15) is 0 Å². The first-order valence-electron chi connectivity index (χ1n) is 8.01. The number of anilines is 2. The molecule has 1 aliphatic rings. The third-order valence-corrected chi connectivity index (χ3v) is 4.61. The molecule has 0 spiro atoms. The average molecular weight is 377 g/mol. The van der Waals surface area contributed by atoms with Crippen molar-refractivity contribution >= 4 is 40.5 Å². The molecule has 0 fully saturated rings. The van der Waals surface area contributed by atoms with Gasteiger partial charge in [-0.05, 0) is 24.6 Å². The Kier molecular flexibility index (Phi) is 5.51. The van der Waals surface area contributed by atoms with E-state index in [2.05, 4.69) is 10.6 Å². The lowest BCUT2D eigenvalue weighted by molar-refractivity contribution is -0.137. The van der Waals surface area contributed by atoms with Crippen LogP contribution >= 0.6 is 23.2 Å². The van der Waals surface area contributed by atoms with Crippen molar-refractivity contribution in [3.8, 4) is 0 Å². The molecule has 130 valence electrons. The van der Waals surface area contributed by atoms with Crippen LogP contribution in [0.15, 0.2) is 54.2 Å². The third-order valence-electron chi connectivity index (χ3n) is 3.89. The van der Waals surface area contributed by atoms with Crippen LogP contribution in [0.3, 0.4) is 0 Å². The second-order valence-corrected chi connectivity index (χ2v) is 6.48. The first kappa shape index (κ1) is 17.6. The Bertz CT molecular complexity index is 807. The zero-order chi connectivity index (χ0) is 17.8. The molecule has 0 amide bonds. The average Bonchev–Trinajstić information content (AvgIpc) is 2.75. The number of halogens is 2. The molecule has 4 nitrogen and oxygen atoms in total. The van der Waals surface area contributed by atoms with Crippen LogP contribution in [0.5, 0.6) is 0 Å². The smallest absolute Gasteiger partial charge is 0.332 e. The molecule has 1 heterocycles. The van der Waals surface area contributed by atoms with Crippen LogP contribution in [0, 0.1) is 0 Å². The number of benzene rings is 2. The number of nitrogens with one attached hydrogen (secondary N) is 2. The van der Waals surface area contributed by atoms with Gasteiger partial charge in [-0.25, -0.2) is 4.79 Å². The van der Waals surface area contributed by atoms with Crippen molar-refractivity contribution in [3.05, 3.63) is 69.8 Å². The molecule has 0 bridgehead atoms.